The van der Waals surface area contributed by atoms with Gasteiger partial charge >= 0.3 is 0 Å². The van der Waals surface area contributed by atoms with Gasteiger partial charge in [-0.05, 0) is 38.3 Å². The normalized spacial score (nSPS) is 17.5. The minimum absolute atomic E-state index is 0.0159. The number of H-pyrrole nitrogens is 1. The summed E-state index contributed by atoms with van der Waals surface area (Å²) in [6, 6.07) is 8.73. The average Bonchev–Trinajstić information content (AvgIpc) is 2.84. The number of hydrogen-bond donors (Lipinski definition) is 1. The molecule has 2 heterocycles. The molecule has 2 aromatic rings. The third kappa shape index (κ3) is 2.54. The van der Waals surface area contributed by atoms with Crippen molar-refractivity contribution in [3.63, 3.8) is 0 Å². The second-order valence-electron chi connectivity index (χ2n) is 5.87. The number of aromatic amines is 1. The van der Waals surface area contributed by atoms with Crippen LogP contribution in [-0.2, 0) is 6.42 Å². The van der Waals surface area contributed by atoms with Gasteiger partial charge in [-0.1, -0.05) is 43.0 Å². The topological polar surface area (TPSA) is 50.1 Å². The highest BCUT2D eigenvalue weighted by atomic mass is 32.2. The number of thioether (sulfide) groups is 1. The molecule has 0 amide bonds. The van der Waals surface area contributed by atoms with E-state index in [4.69, 9.17) is 0 Å². The Morgan fingerprint density at radius 2 is 2.00 bits per heavy atom. The Morgan fingerprint density at radius 1 is 1.32 bits per heavy atom. The molecule has 5 heteroatoms. The van der Waals surface area contributed by atoms with E-state index in [-0.39, 0.29) is 16.9 Å². The molecular weight excluding hydrogens is 294 g/mol. The number of benzene rings is 1. The Hall–Kier alpha value is -1.75. The Balaban J connectivity index is 2.12. The van der Waals surface area contributed by atoms with Gasteiger partial charge in [0.25, 0.3) is 5.56 Å². The summed E-state index contributed by atoms with van der Waals surface area (Å²) >= 11 is 1.65. The van der Waals surface area contributed by atoms with Crippen molar-refractivity contribution in [3.8, 4) is 0 Å². The zero-order valence-electron chi connectivity index (χ0n) is 13.4. The molecule has 1 N–H and O–H groups in total. The largest absolute Gasteiger partial charge is 0.271 e. The molecule has 0 radical (unpaired) electrons. The van der Waals surface area contributed by atoms with E-state index in [0.717, 1.165) is 28.4 Å². The van der Waals surface area contributed by atoms with Gasteiger partial charge in [-0.25, -0.2) is 4.99 Å². The molecule has 1 aromatic carbocycles. The molecule has 1 unspecified atom stereocenters. The maximum atomic E-state index is 12.4. The Morgan fingerprint density at radius 3 is 2.59 bits per heavy atom. The van der Waals surface area contributed by atoms with Crippen molar-refractivity contribution >= 4 is 22.6 Å². The standard InChI is InChI=1S/C17H21N3OS/c1-5-12-6-8-13(9-7-12)15-14-16(18-11(4)22-15)20(10(2)3)19-17(14)21/h6-10,15H,5H2,1-4H3,(H,19,21). The molecule has 0 bridgehead atoms. The minimum atomic E-state index is -0.0305. The van der Waals surface area contributed by atoms with Crippen molar-refractivity contribution in [2.75, 3.05) is 0 Å². The molecule has 0 fully saturated rings. The van der Waals surface area contributed by atoms with Gasteiger partial charge in [0.05, 0.1) is 15.9 Å². The van der Waals surface area contributed by atoms with E-state index < -0.39 is 0 Å². The van der Waals surface area contributed by atoms with E-state index in [1.807, 2.05) is 25.5 Å². The fraction of sp³-hybridized carbons (Fsp3) is 0.412. The molecule has 0 saturated carbocycles. The number of fused-ring (bicyclic) bond motifs is 1. The van der Waals surface area contributed by atoms with E-state index in [2.05, 4.69) is 41.3 Å². The highest BCUT2D eigenvalue weighted by Crippen LogP contribution is 2.43. The van der Waals surface area contributed by atoms with Crippen LogP contribution in [0.5, 0.6) is 0 Å². The Labute approximate surface area is 134 Å². The number of aliphatic imine (C=N–C) groups is 1. The summed E-state index contributed by atoms with van der Waals surface area (Å²) in [5, 5.41) is 3.95. The summed E-state index contributed by atoms with van der Waals surface area (Å²) in [5.74, 6) is 0.779. The van der Waals surface area contributed by atoms with Crippen molar-refractivity contribution in [2.24, 2.45) is 4.99 Å². The van der Waals surface area contributed by atoms with Gasteiger partial charge in [-0.3, -0.25) is 14.6 Å². The van der Waals surface area contributed by atoms with Gasteiger partial charge in [-0.2, -0.15) is 0 Å². The quantitative estimate of drug-likeness (QED) is 0.922. The SMILES string of the molecule is CCc1ccc(C2SC(C)=Nc3c2c(=O)[nH]n3C(C)C)cc1. The van der Waals surface area contributed by atoms with Crippen LogP contribution in [0.15, 0.2) is 34.1 Å². The highest BCUT2D eigenvalue weighted by molar-refractivity contribution is 8.14. The first-order valence-corrected chi connectivity index (χ1v) is 8.54. The van der Waals surface area contributed by atoms with Gasteiger partial charge in [0.15, 0.2) is 5.82 Å². The zero-order chi connectivity index (χ0) is 15.9. The minimum Gasteiger partial charge on any atom is -0.268 e. The van der Waals surface area contributed by atoms with Crippen LogP contribution in [0.1, 0.15) is 55.7 Å². The summed E-state index contributed by atoms with van der Waals surface area (Å²) in [4.78, 5) is 17.1. The molecule has 1 aliphatic rings. The monoisotopic (exact) mass is 315 g/mol. The molecule has 1 atom stereocenters. The van der Waals surface area contributed by atoms with Crippen LogP contribution in [-0.4, -0.2) is 14.8 Å². The first-order valence-electron chi connectivity index (χ1n) is 7.66. The lowest BCUT2D eigenvalue weighted by Gasteiger charge is -2.21. The summed E-state index contributed by atoms with van der Waals surface area (Å²) in [5.41, 5.74) is 3.21. The fourth-order valence-electron chi connectivity index (χ4n) is 2.75. The van der Waals surface area contributed by atoms with Crippen molar-refractivity contribution < 1.29 is 0 Å². The summed E-state index contributed by atoms with van der Waals surface area (Å²) in [6.45, 7) is 8.25. The molecule has 4 nitrogen and oxygen atoms in total. The van der Waals surface area contributed by atoms with E-state index in [1.54, 1.807) is 11.8 Å². The van der Waals surface area contributed by atoms with E-state index in [0.29, 0.717) is 0 Å². The van der Waals surface area contributed by atoms with Crippen molar-refractivity contribution in [1.82, 2.24) is 9.78 Å². The van der Waals surface area contributed by atoms with Crippen molar-refractivity contribution in [2.45, 2.75) is 45.4 Å². The smallest absolute Gasteiger partial charge is 0.268 e. The first kappa shape index (κ1) is 15.2. The summed E-state index contributed by atoms with van der Waals surface area (Å²) in [7, 11) is 0. The maximum Gasteiger partial charge on any atom is 0.271 e. The predicted molar refractivity (Wildman–Crippen MR) is 93.5 cm³/mol. The van der Waals surface area contributed by atoms with Crippen LogP contribution in [0.4, 0.5) is 5.82 Å². The van der Waals surface area contributed by atoms with Crippen LogP contribution in [0, 0.1) is 0 Å². The summed E-state index contributed by atoms with van der Waals surface area (Å²) in [6.07, 6.45) is 1.02. The Kier molecular flexibility index (Phi) is 4.00. The molecule has 0 aliphatic carbocycles. The number of rotatable bonds is 3. The number of hydrogen-bond acceptors (Lipinski definition) is 3. The molecule has 1 aromatic heterocycles. The van der Waals surface area contributed by atoms with E-state index in [1.165, 1.54) is 5.56 Å². The molecule has 22 heavy (non-hydrogen) atoms. The number of aryl methyl sites for hydroxylation is 1. The molecule has 116 valence electrons. The van der Waals surface area contributed by atoms with Crippen LogP contribution in [0.25, 0.3) is 0 Å². The molecule has 0 spiro atoms. The molecular formula is C17H21N3OS. The van der Waals surface area contributed by atoms with Gasteiger partial charge in [0, 0.05) is 6.04 Å². The second-order valence-corrected chi connectivity index (χ2v) is 7.16. The van der Waals surface area contributed by atoms with Gasteiger partial charge in [-0.15, -0.1) is 0 Å². The van der Waals surface area contributed by atoms with E-state index >= 15 is 0 Å². The van der Waals surface area contributed by atoms with Crippen LogP contribution >= 0.6 is 11.8 Å². The number of nitrogens with zero attached hydrogens (tertiary/aromatic N) is 2. The highest BCUT2D eigenvalue weighted by Gasteiger charge is 2.30. The predicted octanol–water partition coefficient (Wildman–Crippen LogP) is 4.21. The first-order chi connectivity index (χ1) is 10.5. The lowest BCUT2D eigenvalue weighted by Crippen LogP contribution is -2.13. The Bertz CT molecular complexity index is 768. The van der Waals surface area contributed by atoms with Crippen LogP contribution < -0.4 is 5.56 Å². The molecule has 3 rings (SSSR count). The lowest BCUT2D eigenvalue weighted by molar-refractivity contribution is 0.533. The van der Waals surface area contributed by atoms with Crippen LogP contribution in [0.2, 0.25) is 0 Å². The molecule has 0 saturated heterocycles. The van der Waals surface area contributed by atoms with Crippen molar-refractivity contribution in [3.05, 3.63) is 51.3 Å². The third-order valence-corrected chi connectivity index (χ3v) is 5.13. The van der Waals surface area contributed by atoms with Gasteiger partial charge < -0.3 is 0 Å². The van der Waals surface area contributed by atoms with Crippen molar-refractivity contribution in [1.29, 1.82) is 0 Å². The van der Waals surface area contributed by atoms with Gasteiger partial charge in [0.1, 0.15) is 0 Å². The summed E-state index contributed by atoms with van der Waals surface area (Å²) < 4.78 is 1.87. The van der Waals surface area contributed by atoms with E-state index in [9.17, 15) is 4.79 Å². The maximum absolute atomic E-state index is 12.4. The van der Waals surface area contributed by atoms with Gasteiger partial charge in [0.2, 0.25) is 0 Å². The lowest BCUT2D eigenvalue weighted by atomic mass is 10.0. The third-order valence-electron chi connectivity index (χ3n) is 3.96. The van der Waals surface area contributed by atoms with Crippen LogP contribution in [0.3, 0.4) is 0 Å². The molecule has 1 aliphatic heterocycles. The average molecular weight is 315 g/mol. The fourth-order valence-corrected chi connectivity index (χ4v) is 3.85. The second kappa shape index (κ2) is 5.80. The number of nitrogens with one attached hydrogen (secondary N) is 1. The number of aromatic nitrogens is 2. The zero-order valence-corrected chi connectivity index (χ0v) is 14.2.